The van der Waals surface area contributed by atoms with E-state index in [1.165, 1.54) is 18.7 Å². The molecule has 2 aromatic heterocycles. The van der Waals surface area contributed by atoms with E-state index in [-0.39, 0.29) is 15.1 Å². The SMILES string of the molecule is CS(=O)(=O)c1ccc(OCC[C@@H]2C[C@@H]2C2CCN(c3nc(CC(=O)I)no3)CC2)nc1. The van der Waals surface area contributed by atoms with Crippen LogP contribution in [0.5, 0.6) is 5.88 Å². The van der Waals surface area contributed by atoms with Gasteiger partial charge in [-0.15, -0.1) is 0 Å². The Kier molecular flexibility index (Phi) is 6.80. The Bertz CT molecular complexity index is 1020. The second-order valence-electron chi connectivity index (χ2n) is 8.25. The average Bonchev–Trinajstić information content (AvgIpc) is 3.35. The van der Waals surface area contributed by atoms with Gasteiger partial charge in [0.2, 0.25) is 5.88 Å². The largest absolute Gasteiger partial charge is 0.478 e. The zero-order valence-electron chi connectivity index (χ0n) is 17.2. The van der Waals surface area contributed by atoms with E-state index in [4.69, 9.17) is 9.26 Å². The minimum atomic E-state index is -3.24. The lowest BCUT2D eigenvalue weighted by atomic mass is 9.91. The van der Waals surface area contributed by atoms with Crippen LogP contribution in [0.3, 0.4) is 0 Å². The van der Waals surface area contributed by atoms with Gasteiger partial charge in [-0.2, -0.15) is 4.98 Å². The fraction of sp³-hybridized carbons (Fsp3) is 0.600. The number of carbonyl (C=O) groups is 1. The highest BCUT2D eigenvalue weighted by Crippen LogP contribution is 2.49. The summed E-state index contributed by atoms with van der Waals surface area (Å²) in [6.45, 7) is 2.37. The van der Waals surface area contributed by atoms with Gasteiger partial charge >= 0.3 is 6.01 Å². The zero-order valence-corrected chi connectivity index (χ0v) is 20.2. The van der Waals surface area contributed by atoms with Crippen LogP contribution in [0.15, 0.2) is 27.7 Å². The molecule has 0 unspecified atom stereocenters. The molecule has 0 radical (unpaired) electrons. The number of rotatable bonds is 9. The summed E-state index contributed by atoms with van der Waals surface area (Å²) in [6.07, 6.45) is 7.11. The molecule has 0 N–H and O–H groups in total. The van der Waals surface area contributed by atoms with Gasteiger partial charge in [0.05, 0.1) is 17.9 Å². The normalized spacial score (nSPS) is 21.8. The number of sulfone groups is 1. The summed E-state index contributed by atoms with van der Waals surface area (Å²) in [5.74, 6) is 3.02. The highest BCUT2D eigenvalue weighted by Gasteiger charge is 2.43. The van der Waals surface area contributed by atoms with E-state index >= 15 is 0 Å². The first-order valence-electron chi connectivity index (χ1n) is 10.3. The van der Waals surface area contributed by atoms with Crippen molar-refractivity contribution in [3.05, 3.63) is 24.2 Å². The van der Waals surface area contributed by atoms with Crippen LogP contribution >= 0.6 is 22.6 Å². The number of hydrogen-bond donors (Lipinski definition) is 0. The van der Waals surface area contributed by atoms with Gasteiger partial charge in [0, 0.05) is 54.2 Å². The molecule has 0 bridgehead atoms. The van der Waals surface area contributed by atoms with Crippen LogP contribution in [-0.2, 0) is 21.1 Å². The van der Waals surface area contributed by atoms with Crippen LogP contribution < -0.4 is 9.64 Å². The highest BCUT2D eigenvalue weighted by molar-refractivity contribution is 14.1. The first-order valence-corrected chi connectivity index (χ1v) is 13.3. The minimum Gasteiger partial charge on any atom is -0.478 e. The summed E-state index contributed by atoms with van der Waals surface area (Å²) >= 11 is 1.74. The van der Waals surface area contributed by atoms with E-state index in [2.05, 4.69) is 20.0 Å². The molecule has 0 spiro atoms. The Morgan fingerprint density at radius 3 is 2.74 bits per heavy atom. The molecule has 9 nitrogen and oxygen atoms in total. The van der Waals surface area contributed by atoms with Crippen LogP contribution in [0, 0.1) is 17.8 Å². The Morgan fingerprint density at radius 2 is 2.10 bits per heavy atom. The second-order valence-corrected chi connectivity index (χ2v) is 11.5. The maximum Gasteiger partial charge on any atom is 0.324 e. The molecule has 2 aromatic rings. The van der Waals surface area contributed by atoms with Gasteiger partial charge in [0.15, 0.2) is 19.5 Å². The van der Waals surface area contributed by atoms with Gasteiger partial charge in [0.1, 0.15) is 0 Å². The fourth-order valence-electron chi connectivity index (χ4n) is 4.25. The van der Waals surface area contributed by atoms with Crippen molar-refractivity contribution in [2.45, 2.75) is 37.0 Å². The van der Waals surface area contributed by atoms with Crippen molar-refractivity contribution < 1.29 is 22.5 Å². The molecule has 1 saturated carbocycles. The summed E-state index contributed by atoms with van der Waals surface area (Å²) in [5.41, 5.74) is 0. The van der Waals surface area contributed by atoms with E-state index < -0.39 is 9.84 Å². The lowest BCUT2D eigenvalue weighted by molar-refractivity contribution is -0.109. The lowest BCUT2D eigenvalue weighted by Gasteiger charge is -2.30. The number of piperidine rings is 1. The number of anilines is 1. The molecule has 1 saturated heterocycles. The Labute approximate surface area is 195 Å². The van der Waals surface area contributed by atoms with Gasteiger partial charge in [-0.1, -0.05) is 5.16 Å². The smallest absolute Gasteiger partial charge is 0.324 e. The highest BCUT2D eigenvalue weighted by atomic mass is 127. The molecule has 2 atom stereocenters. The van der Waals surface area contributed by atoms with Gasteiger partial charge < -0.3 is 14.2 Å². The fourth-order valence-corrected chi connectivity index (χ4v) is 5.16. The molecule has 4 rings (SSSR count). The Balaban J connectivity index is 1.17. The number of carbonyl (C=O) groups excluding carboxylic acids is 1. The van der Waals surface area contributed by atoms with Crippen LogP contribution in [0.1, 0.15) is 31.5 Å². The van der Waals surface area contributed by atoms with E-state index in [1.54, 1.807) is 28.7 Å². The summed E-state index contributed by atoms with van der Waals surface area (Å²) < 4.78 is 34.0. The number of aromatic nitrogens is 3. The van der Waals surface area contributed by atoms with Crippen molar-refractivity contribution in [1.29, 1.82) is 0 Å². The molecule has 168 valence electrons. The van der Waals surface area contributed by atoms with Crippen LogP contribution in [0.4, 0.5) is 6.01 Å². The third kappa shape index (κ3) is 5.93. The van der Waals surface area contributed by atoms with Crippen molar-refractivity contribution >= 4 is 42.2 Å². The zero-order chi connectivity index (χ0) is 22.0. The third-order valence-corrected chi connectivity index (χ3v) is 7.50. The van der Waals surface area contributed by atoms with E-state index in [9.17, 15) is 13.2 Å². The van der Waals surface area contributed by atoms with Crippen molar-refractivity contribution in [2.24, 2.45) is 17.8 Å². The topological polar surface area (TPSA) is 115 Å². The third-order valence-electron chi connectivity index (χ3n) is 6.02. The first-order chi connectivity index (χ1) is 14.8. The summed E-state index contributed by atoms with van der Waals surface area (Å²) in [6, 6.07) is 3.65. The molecule has 2 fully saturated rings. The molecular weight excluding hydrogens is 535 g/mol. The molecule has 0 amide bonds. The lowest BCUT2D eigenvalue weighted by Crippen LogP contribution is -2.34. The van der Waals surface area contributed by atoms with Gasteiger partial charge in [-0.25, -0.2) is 13.4 Å². The maximum absolute atomic E-state index is 11.5. The minimum absolute atomic E-state index is 0.00545. The van der Waals surface area contributed by atoms with Crippen molar-refractivity contribution in [1.82, 2.24) is 15.1 Å². The predicted molar refractivity (Wildman–Crippen MR) is 121 cm³/mol. The van der Waals surface area contributed by atoms with E-state index in [1.807, 2.05) is 0 Å². The van der Waals surface area contributed by atoms with Gasteiger partial charge in [-0.05, 0) is 49.5 Å². The molecule has 1 aliphatic heterocycles. The number of ether oxygens (including phenoxy) is 1. The molecule has 3 heterocycles. The average molecular weight is 560 g/mol. The monoisotopic (exact) mass is 560 g/mol. The van der Waals surface area contributed by atoms with Crippen LogP contribution in [-0.4, -0.2) is 53.3 Å². The number of hydrogen-bond acceptors (Lipinski definition) is 9. The number of nitrogens with zero attached hydrogens (tertiary/aromatic N) is 4. The first kappa shape index (κ1) is 22.4. The molecular formula is C20H25IN4O5S. The molecule has 11 heteroatoms. The molecule has 0 aromatic carbocycles. The van der Waals surface area contributed by atoms with E-state index in [0.717, 1.165) is 44.5 Å². The Hall–Kier alpha value is -1.76. The molecule has 1 aliphatic carbocycles. The van der Waals surface area contributed by atoms with Gasteiger partial charge in [0.25, 0.3) is 0 Å². The van der Waals surface area contributed by atoms with Crippen molar-refractivity contribution in [2.75, 3.05) is 30.9 Å². The van der Waals surface area contributed by atoms with Crippen LogP contribution in [0.2, 0.25) is 0 Å². The van der Waals surface area contributed by atoms with Gasteiger partial charge in [-0.3, -0.25) is 4.79 Å². The second kappa shape index (κ2) is 9.39. The maximum atomic E-state index is 11.5. The number of pyridine rings is 1. The quantitative estimate of drug-likeness (QED) is 0.337. The Morgan fingerprint density at radius 1 is 1.32 bits per heavy atom. The summed E-state index contributed by atoms with van der Waals surface area (Å²) in [4.78, 5) is 21.9. The van der Waals surface area contributed by atoms with E-state index in [0.29, 0.717) is 36.2 Å². The molecule has 2 aliphatic rings. The molecule has 31 heavy (non-hydrogen) atoms. The standard InChI is InChI=1S/C20H25IN4O5S/c1-31(27,28)15-2-3-19(22-12-15)29-9-6-14-10-16(14)13-4-7-25(8-5-13)20-23-18(24-30-20)11-17(21)26/h2-3,12-14,16H,4-11H2,1H3/t14-,16-/m1/s1. The summed E-state index contributed by atoms with van der Waals surface area (Å²) in [7, 11) is -3.24. The number of halogens is 1. The van der Waals surface area contributed by atoms with Crippen molar-refractivity contribution in [3.63, 3.8) is 0 Å². The predicted octanol–water partition coefficient (Wildman–Crippen LogP) is 2.69. The van der Waals surface area contributed by atoms with Crippen LogP contribution in [0.25, 0.3) is 0 Å². The summed E-state index contributed by atoms with van der Waals surface area (Å²) in [5, 5.41) is 3.88. The van der Waals surface area contributed by atoms with Crippen molar-refractivity contribution in [3.8, 4) is 5.88 Å².